The Labute approximate surface area is 97.1 Å². The van der Waals surface area contributed by atoms with Crippen molar-refractivity contribution in [3.63, 3.8) is 0 Å². The van der Waals surface area contributed by atoms with Crippen LogP contribution in [0.2, 0.25) is 0 Å². The van der Waals surface area contributed by atoms with Crippen molar-refractivity contribution in [2.45, 2.75) is 27.3 Å². The van der Waals surface area contributed by atoms with Crippen LogP contribution in [0, 0.1) is 12.8 Å². The zero-order valence-corrected chi connectivity index (χ0v) is 10.8. The average molecular weight is 226 g/mol. The van der Waals surface area contributed by atoms with E-state index in [1.165, 1.54) is 9.75 Å². The van der Waals surface area contributed by atoms with E-state index >= 15 is 0 Å². The van der Waals surface area contributed by atoms with Gasteiger partial charge < -0.3 is 10.6 Å². The van der Waals surface area contributed by atoms with Crippen LogP contribution in [0.3, 0.4) is 0 Å². The molecule has 0 spiro atoms. The molecule has 0 saturated heterocycles. The molecule has 3 heteroatoms. The Hall–Kier alpha value is -0.380. The van der Waals surface area contributed by atoms with Gasteiger partial charge in [0.05, 0.1) is 0 Å². The molecule has 0 aromatic carbocycles. The van der Waals surface area contributed by atoms with Gasteiger partial charge in [0.2, 0.25) is 0 Å². The molecule has 0 amide bonds. The lowest BCUT2D eigenvalue weighted by Gasteiger charge is -2.07. The molecule has 0 unspecified atom stereocenters. The number of nitrogens with one attached hydrogen (secondary N) is 2. The molecule has 2 N–H and O–H groups in total. The zero-order valence-electron chi connectivity index (χ0n) is 9.97. The largest absolute Gasteiger partial charge is 0.315 e. The molecular formula is C12H22N2S. The molecule has 15 heavy (non-hydrogen) atoms. The first-order valence-electron chi connectivity index (χ1n) is 5.65. The Kier molecular flexibility index (Phi) is 5.91. The summed E-state index contributed by atoms with van der Waals surface area (Å²) in [7, 11) is 0. The molecule has 0 saturated carbocycles. The number of aryl methyl sites for hydroxylation is 1. The summed E-state index contributed by atoms with van der Waals surface area (Å²) in [5.41, 5.74) is 0. The SMILES string of the molecule is Cc1ccc(CNCCNCC(C)C)s1. The summed E-state index contributed by atoms with van der Waals surface area (Å²) >= 11 is 1.87. The second-order valence-corrected chi connectivity index (χ2v) is 5.66. The van der Waals surface area contributed by atoms with Gasteiger partial charge in [0.25, 0.3) is 0 Å². The lowest BCUT2D eigenvalue weighted by atomic mass is 10.2. The Balaban J connectivity index is 1.98. The van der Waals surface area contributed by atoms with Crippen LogP contribution in [0.4, 0.5) is 0 Å². The van der Waals surface area contributed by atoms with Crippen molar-refractivity contribution in [3.05, 3.63) is 21.9 Å². The highest BCUT2D eigenvalue weighted by atomic mass is 32.1. The van der Waals surface area contributed by atoms with E-state index in [9.17, 15) is 0 Å². The van der Waals surface area contributed by atoms with Gasteiger partial charge in [-0.1, -0.05) is 13.8 Å². The number of rotatable bonds is 7. The normalized spacial score (nSPS) is 11.2. The molecule has 86 valence electrons. The Morgan fingerprint density at radius 3 is 2.53 bits per heavy atom. The van der Waals surface area contributed by atoms with Gasteiger partial charge in [0.15, 0.2) is 0 Å². The summed E-state index contributed by atoms with van der Waals surface area (Å²) in [5, 5.41) is 6.85. The number of hydrogen-bond acceptors (Lipinski definition) is 3. The monoisotopic (exact) mass is 226 g/mol. The Bertz CT molecular complexity index is 268. The minimum Gasteiger partial charge on any atom is -0.315 e. The van der Waals surface area contributed by atoms with Crippen LogP contribution in [0.1, 0.15) is 23.6 Å². The molecule has 1 aromatic heterocycles. The van der Waals surface area contributed by atoms with Crippen molar-refractivity contribution in [3.8, 4) is 0 Å². The standard InChI is InChI=1S/C12H22N2S/c1-10(2)8-13-6-7-14-9-12-5-4-11(3)15-12/h4-5,10,13-14H,6-9H2,1-3H3. The van der Waals surface area contributed by atoms with Crippen LogP contribution in [-0.2, 0) is 6.54 Å². The fourth-order valence-electron chi connectivity index (χ4n) is 1.36. The molecule has 0 bridgehead atoms. The Morgan fingerprint density at radius 1 is 1.20 bits per heavy atom. The maximum atomic E-state index is 3.44. The van der Waals surface area contributed by atoms with E-state index in [0.717, 1.165) is 32.1 Å². The van der Waals surface area contributed by atoms with Crippen molar-refractivity contribution in [2.75, 3.05) is 19.6 Å². The lowest BCUT2D eigenvalue weighted by Crippen LogP contribution is -2.29. The summed E-state index contributed by atoms with van der Waals surface area (Å²) in [6.07, 6.45) is 0. The first-order chi connectivity index (χ1) is 7.18. The highest BCUT2D eigenvalue weighted by molar-refractivity contribution is 7.11. The fraction of sp³-hybridized carbons (Fsp3) is 0.667. The van der Waals surface area contributed by atoms with Gasteiger partial charge in [-0.05, 0) is 31.5 Å². The highest BCUT2D eigenvalue weighted by Gasteiger charge is 1.96. The molecule has 0 fully saturated rings. The number of thiophene rings is 1. The third-order valence-corrected chi connectivity index (χ3v) is 3.13. The van der Waals surface area contributed by atoms with Gasteiger partial charge in [0.1, 0.15) is 0 Å². The van der Waals surface area contributed by atoms with Crippen LogP contribution in [0.25, 0.3) is 0 Å². The van der Waals surface area contributed by atoms with Crippen molar-refractivity contribution < 1.29 is 0 Å². The predicted octanol–water partition coefficient (Wildman–Crippen LogP) is 2.39. The van der Waals surface area contributed by atoms with E-state index in [1.54, 1.807) is 0 Å². The van der Waals surface area contributed by atoms with E-state index in [2.05, 4.69) is 43.5 Å². The summed E-state index contributed by atoms with van der Waals surface area (Å²) < 4.78 is 0. The second-order valence-electron chi connectivity index (χ2n) is 4.29. The minimum atomic E-state index is 0.741. The van der Waals surface area contributed by atoms with E-state index in [4.69, 9.17) is 0 Å². The predicted molar refractivity (Wildman–Crippen MR) is 68.5 cm³/mol. The Morgan fingerprint density at radius 2 is 1.93 bits per heavy atom. The molecule has 0 atom stereocenters. The van der Waals surface area contributed by atoms with E-state index in [0.29, 0.717) is 0 Å². The van der Waals surface area contributed by atoms with Gasteiger partial charge in [-0.3, -0.25) is 0 Å². The zero-order chi connectivity index (χ0) is 11.1. The third kappa shape index (κ3) is 5.92. The quantitative estimate of drug-likeness (QED) is 0.698. The van der Waals surface area contributed by atoms with Gasteiger partial charge in [0, 0.05) is 29.4 Å². The van der Waals surface area contributed by atoms with Crippen LogP contribution in [0.15, 0.2) is 12.1 Å². The lowest BCUT2D eigenvalue weighted by molar-refractivity contribution is 0.536. The molecule has 0 aliphatic rings. The maximum absolute atomic E-state index is 3.44. The van der Waals surface area contributed by atoms with Crippen molar-refractivity contribution in [1.82, 2.24) is 10.6 Å². The first-order valence-corrected chi connectivity index (χ1v) is 6.47. The molecular weight excluding hydrogens is 204 g/mol. The summed E-state index contributed by atoms with van der Waals surface area (Å²) in [5.74, 6) is 0.741. The summed E-state index contributed by atoms with van der Waals surface area (Å²) in [6.45, 7) is 10.8. The van der Waals surface area contributed by atoms with Crippen LogP contribution in [0.5, 0.6) is 0 Å². The fourth-order valence-corrected chi connectivity index (χ4v) is 2.22. The van der Waals surface area contributed by atoms with E-state index in [1.807, 2.05) is 11.3 Å². The van der Waals surface area contributed by atoms with E-state index < -0.39 is 0 Å². The van der Waals surface area contributed by atoms with Gasteiger partial charge >= 0.3 is 0 Å². The van der Waals surface area contributed by atoms with E-state index in [-0.39, 0.29) is 0 Å². The van der Waals surface area contributed by atoms with Crippen molar-refractivity contribution in [2.24, 2.45) is 5.92 Å². The average Bonchev–Trinajstić information content (AvgIpc) is 2.57. The van der Waals surface area contributed by atoms with Gasteiger partial charge in [-0.2, -0.15) is 0 Å². The molecule has 1 aromatic rings. The molecule has 0 radical (unpaired) electrons. The molecule has 0 aliphatic heterocycles. The summed E-state index contributed by atoms with van der Waals surface area (Å²) in [4.78, 5) is 2.82. The second kappa shape index (κ2) is 6.99. The molecule has 1 heterocycles. The minimum absolute atomic E-state index is 0.741. The molecule has 2 nitrogen and oxygen atoms in total. The smallest absolute Gasteiger partial charge is 0.0300 e. The third-order valence-electron chi connectivity index (χ3n) is 2.13. The van der Waals surface area contributed by atoms with Crippen molar-refractivity contribution in [1.29, 1.82) is 0 Å². The van der Waals surface area contributed by atoms with Crippen LogP contribution < -0.4 is 10.6 Å². The van der Waals surface area contributed by atoms with Gasteiger partial charge in [-0.25, -0.2) is 0 Å². The van der Waals surface area contributed by atoms with Crippen LogP contribution in [-0.4, -0.2) is 19.6 Å². The molecule has 1 rings (SSSR count). The number of hydrogen-bond donors (Lipinski definition) is 2. The first kappa shape index (κ1) is 12.7. The molecule has 0 aliphatic carbocycles. The van der Waals surface area contributed by atoms with Gasteiger partial charge in [-0.15, -0.1) is 11.3 Å². The maximum Gasteiger partial charge on any atom is 0.0300 e. The summed E-state index contributed by atoms with van der Waals surface area (Å²) in [6, 6.07) is 4.38. The topological polar surface area (TPSA) is 24.1 Å². The van der Waals surface area contributed by atoms with Crippen LogP contribution >= 0.6 is 11.3 Å². The highest BCUT2D eigenvalue weighted by Crippen LogP contribution is 2.14. The van der Waals surface area contributed by atoms with Crippen molar-refractivity contribution >= 4 is 11.3 Å².